The second kappa shape index (κ2) is 7.07. The summed E-state index contributed by atoms with van der Waals surface area (Å²) in [6, 6.07) is 0. The summed E-state index contributed by atoms with van der Waals surface area (Å²) >= 11 is 0. The number of anilines is 2. The topological polar surface area (TPSA) is 108 Å². The number of aromatic nitrogens is 6. The van der Waals surface area contributed by atoms with Gasteiger partial charge in [0.1, 0.15) is 17.1 Å². The Morgan fingerprint density at radius 2 is 1.94 bits per heavy atom. The molecule has 1 saturated heterocycles. The summed E-state index contributed by atoms with van der Waals surface area (Å²) in [7, 11) is 0. The number of fused-ring (bicyclic) bond motifs is 4. The Morgan fingerprint density at radius 1 is 1.18 bits per heavy atom. The lowest BCUT2D eigenvalue weighted by Crippen LogP contribution is -2.42. The van der Waals surface area contributed by atoms with Crippen LogP contribution in [0.1, 0.15) is 52.8 Å². The van der Waals surface area contributed by atoms with E-state index >= 15 is 4.39 Å². The first kappa shape index (κ1) is 21.6. The van der Waals surface area contributed by atoms with Gasteiger partial charge in [0.05, 0.1) is 12.2 Å². The molecule has 10 heteroatoms. The summed E-state index contributed by atoms with van der Waals surface area (Å²) in [5.74, 6) is 2.56. The molecule has 1 saturated carbocycles. The highest BCUT2D eigenvalue weighted by Gasteiger charge is 2.61. The van der Waals surface area contributed by atoms with Crippen molar-refractivity contribution in [1.82, 2.24) is 29.5 Å². The third-order valence-corrected chi connectivity index (χ3v) is 8.46. The van der Waals surface area contributed by atoms with E-state index in [4.69, 9.17) is 25.4 Å². The minimum Gasteiger partial charge on any atom is -0.368 e. The van der Waals surface area contributed by atoms with E-state index in [2.05, 4.69) is 26.4 Å². The fourth-order valence-corrected chi connectivity index (χ4v) is 6.32. The van der Waals surface area contributed by atoms with Crippen molar-refractivity contribution in [2.24, 2.45) is 11.3 Å². The quantitative estimate of drug-likeness (QED) is 0.625. The van der Waals surface area contributed by atoms with E-state index in [1.807, 2.05) is 20.8 Å². The van der Waals surface area contributed by atoms with Crippen LogP contribution in [0, 0.1) is 11.3 Å². The van der Waals surface area contributed by atoms with Gasteiger partial charge in [0, 0.05) is 37.4 Å². The first-order chi connectivity index (χ1) is 16.1. The first-order valence-electron chi connectivity index (χ1n) is 12.1. The maximum absolute atomic E-state index is 15.9. The number of ether oxygens (including phenoxy) is 1. The van der Waals surface area contributed by atoms with Gasteiger partial charge in [-0.15, -0.1) is 0 Å². The zero-order chi connectivity index (χ0) is 23.9. The van der Waals surface area contributed by atoms with E-state index < -0.39 is 16.7 Å². The van der Waals surface area contributed by atoms with Crippen molar-refractivity contribution in [1.29, 1.82) is 0 Å². The highest BCUT2D eigenvalue weighted by Crippen LogP contribution is 2.58. The largest absolute Gasteiger partial charge is 0.368 e. The predicted molar refractivity (Wildman–Crippen MR) is 127 cm³/mol. The van der Waals surface area contributed by atoms with Gasteiger partial charge in [0.25, 0.3) is 0 Å². The standard InChI is InChI=1S/C24H31FN8O/c1-5-24(25)7-6-15-12-32(13-23(15,24)4)18-16-19(33-8-9-34-22(2,3)20(33)29-16)31-17(30-18)14-10-27-21(26)28-11-14/h10-11,15H,5-9,12-13H2,1-4H3,(H2,26,27,28)/t15-,23+,24?/m1/s1. The molecule has 5 heterocycles. The zero-order valence-electron chi connectivity index (χ0n) is 20.2. The third-order valence-electron chi connectivity index (χ3n) is 8.46. The normalized spacial score (nSPS) is 30.0. The van der Waals surface area contributed by atoms with Gasteiger partial charge < -0.3 is 19.9 Å². The molecule has 0 amide bonds. The molecule has 0 aromatic carbocycles. The molecule has 3 atom stereocenters. The molecule has 6 rings (SSSR count). The highest BCUT2D eigenvalue weighted by atomic mass is 19.1. The smallest absolute Gasteiger partial charge is 0.219 e. The summed E-state index contributed by atoms with van der Waals surface area (Å²) in [6.07, 6.45) is 5.33. The molecule has 2 aliphatic heterocycles. The molecular weight excluding hydrogens is 435 g/mol. The van der Waals surface area contributed by atoms with Crippen molar-refractivity contribution in [3.05, 3.63) is 18.2 Å². The first-order valence-corrected chi connectivity index (χ1v) is 12.1. The number of alkyl halides is 1. The molecule has 9 nitrogen and oxygen atoms in total. The van der Waals surface area contributed by atoms with Crippen molar-refractivity contribution in [2.45, 2.75) is 64.8 Å². The van der Waals surface area contributed by atoms with Crippen LogP contribution < -0.4 is 10.6 Å². The van der Waals surface area contributed by atoms with Crippen molar-refractivity contribution in [2.75, 3.05) is 30.3 Å². The van der Waals surface area contributed by atoms with E-state index in [1.54, 1.807) is 12.4 Å². The zero-order valence-corrected chi connectivity index (χ0v) is 20.2. The van der Waals surface area contributed by atoms with Gasteiger partial charge in [-0.05, 0) is 39.0 Å². The van der Waals surface area contributed by atoms with Crippen LogP contribution in [0.15, 0.2) is 12.4 Å². The number of nitrogens with zero attached hydrogens (tertiary/aromatic N) is 7. The number of nitrogen functional groups attached to an aromatic ring is 1. The fourth-order valence-electron chi connectivity index (χ4n) is 6.32. The Hall–Kier alpha value is -2.88. The fraction of sp³-hybridized carbons (Fsp3) is 0.625. The van der Waals surface area contributed by atoms with E-state index in [9.17, 15) is 0 Å². The molecule has 0 spiro atoms. The molecular formula is C24H31FN8O. The molecule has 2 fully saturated rings. The number of nitrogens with two attached hydrogens (primary N) is 1. The summed E-state index contributed by atoms with van der Waals surface area (Å²) in [6.45, 7) is 10.7. The van der Waals surface area contributed by atoms with Gasteiger partial charge in [-0.2, -0.15) is 0 Å². The summed E-state index contributed by atoms with van der Waals surface area (Å²) in [5.41, 5.74) is 5.76. The predicted octanol–water partition coefficient (Wildman–Crippen LogP) is 3.49. The van der Waals surface area contributed by atoms with Gasteiger partial charge in [0.2, 0.25) is 5.95 Å². The van der Waals surface area contributed by atoms with Crippen LogP contribution >= 0.6 is 0 Å². The maximum atomic E-state index is 15.9. The number of imidazole rings is 1. The Bertz CT molecular complexity index is 1270. The third kappa shape index (κ3) is 2.90. The average molecular weight is 467 g/mol. The van der Waals surface area contributed by atoms with E-state index in [0.717, 1.165) is 35.8 Å². The summed E-state index contributed by atoms with van der Waals surface area (Å²) in [4.78, 5) is 25.3. The van der Waals surface area contributed by atoms with E-state index in [0.29, 0.717) is 43.9 Å². The van der Waals surface area contributed by atoms with Crippen molar-refractivity contribution < 1.29 is 9.13 Å². The van der Waals surface area contributed by atoms with Crippen molar-refractivity contribution in [3.63, 3.8) is 0 Å². The molecule has 0 radical (unpaired) electrons. The Labute approximate surface area is 198 Å². The van der Waals surface area contributed by atoms with Crippen LogP contribution in [0.3, 0.4) is 0 Å². The Morgan fingerprint density at radius 3 is 2.68 bits per heavy atom. The lowest BCUT2D eigenvalue weighted by molar-refractivity contribution is -0.0530. The lowest BCUT2D eigenvalue weighted by atomic mass is 9.73. The molecule has 3 aromatic heterocycles. The van der Waals surface area contributed by atoms with Crippen LogP contribution in [0.5, 0.6) is 0 Å². The van der Waals surface area contributed by atoms with Crippen LogP contribution in [-0.4, -0.2) is 54.9 Å². The van der Waals surface area contributed by atoms with Gasteiger partial charge in [0.15, 0.2) is 22.8 Å². The van der Waals surface area contributed by atoms with E-state index in [-0.39, 0.29) is 11.9 Å². The molecule has 34 heavy (non-hydrogen) atoms. The van der Waals surface area contributed by atoms with Crippen molar-refractivity contribution in [3.8, 4) is 11.4 Å². The Kier molecular flexibility index (Phi) is 4.50. The minimum absolute atomic E-state index is 0.199. The summed E-state index contributed by atoms with van der Waals surface area (Å²) < 4.78 is 24.1. The summed E-state index contributed by atoms with van der Waals surface area (Å²) in [5, 5.41) is 0. The second-order valence-electron chi connectivity index (χ2n) is 10.7. The Balaban J connectivity index is 1.53. The molecule has 2 N–H and O–H groups in total. The lowest BCUT2D eigenvalue weighted by Gasteiger charge is -2.36. The molecule has 1 unspecified atom stereocenters. The molecule has 1 aliphatic carbocycles. The van der Waals surface area contributed by atoms with Crippen LogP contribution in [0.2, 0.25) is 0 Å². The van der Waals surface area contributed by atoms with Crippen molar-refractivity contribution >= 4 is 22.9 Å². The highest BCUT2D eigenvalue weighted by molar-refractivity contribution is 5.86. The average Bonchev–Trinajstić information content (AvgIpc) is 3.43. The van der Waals surface area contributed by atoms with Gasteiger partial charge >= 0.3 is 0 Å². The van der Waals surface area contributed by atoms with Crippen LogP contribution in [0.4, 0.5) is 16.2 Å². The minimum atomic E-state index is -1.16. The number of rotatable bonds is 3. The van der Waals surface area contributed by atoms with Gasteiger partial charge in [-0.1, -0.05) is 13.8 Å². The van der Waals surface area contributed by atoms with Gasteiger partial charge in [-0.25, -0.2) is 29.3 Å². The second-order valence-corrected chi connectivity index (χ2v) is 10.7. The molecule has 0 bridgehead atoms. The SMILES string of the molecule is CCC1(F)CC[C@@H]2CN(c3nc(-c4cnc(N)nc4)nc4c3nc3n4CCOC3(C)C)C[C@@]21C. The van der Waals surface area contributed by atoms with E-state index in [1.165, 1.54) is 0 Å². The molecule has 180 valence electrons. The molecule has 3 aliphatic rings. The molecule has 3 aromatic rings. The number of halogens is 1. The maximum Gasteiger partial charge on any atom is 0.219 e. The van der Waals surface area contributed by atoms with Crippen LogP contribution in [0.25, 0.3) is 22.6 Å². The van der Waals surface area contributed by atoms with Crippen LogP contribution in [-0.2, 0) is 16.9 Å². The number of hydrogen-bond acceptors (Lipinski definition) is 8. The number of hydrogen-bond donors (Lipinski definition) is 1. The van der Waals surface area contributed by atoms with Gasteiger partial charge in [-0.3, -0.25) is 0 Å². The monoisotopic (exact) mass is 466 g/mol.